The molecule has 1 aromatic rings. The zero-order valence-electron chi connectivity index (χ0n) is 11.0. The van der Waals surface area contributed by atoms with Gasteiger partial charge in [0.2, 0.25) is 0 Å². The molecule has 5 nitrogen and oxygen atoms in total. The summed E-state index contributed by atoms with van der Waals surface area (Å²) in [4.78, 5) is 10.2. The van der Waals surface area contributed by atoms with Crippen LogP contribution in [0.4, 0.5) is 5.69 Å². The lowest BCUT2D eigenvalue weighted by molar-refractivity contribution is -0.385. The Labute approximate surface area is 107 Å². The first kappa shape index (κ1) is 14.3. The molecule has 0 bridgehead atoms. The molecule has 100 valence electrons. The molecule has 0 spiro atoms. The summed E-state index contributed by atoms with van der Waals surface area (Å²) in [6, 6.07) is 4.35. The van der Waals surface area contributed by atoms with Gasteiger partial charge in [0, 0.05) is 6.07 Å². The normalized spacial score (nSPS) is 10.4. The van der Waals surface area contributed by atoms with Crippen molar-refractivity contribution in [2.75, 3.05) is 13.7 Å². The van der Waals surface area contributed by atoms with Crippen molar-refractivity contribution >= 4 is 5.69 Å². The molecule has 18 heavy (non-hydrogen) atoms. The van der Waals surface area contributed by atoms with Crippen LogP contribution in [0.25, 0.3) is 0 Å². The second-order valence-corrected chi connectivity index (χ2v) is 4.48. The fourth-order valence-corrected chi connectivity index (χ4v) is 1.57. The fourth-order valence-electron chi connectivity index (χ4n) is 1.57. The van der Waals surface area contributed by atoms with Gasteiger partial charge in [-0.05, 0) is 24.8 Å². The van der Waals surface area contributed by atoms with Crippen LogP contribution >= 0.6 is 0 Å². The Morgan fingerprint density at radius 3 is 2.61 bits per heavy atom. The molecule has 0 unspecified atom stereocenters. The minimum Gasteiger partial charge on any atom is -0.493 e. The van der Waals surface area contributed by atoms with Gasteiger partial charge < -0.3 is 9.47 Å². The van der Waals surface area contributed by atoms with E-state index in [0.29, 0.717) is 24.0 Å². The maximum atomic E-state index is 10.7. The molecule has 0 atom stereocenters. The Morgan fingerprint density at radius 1 is 1.33 bits per heavy atom. The van der Waals surface area contributed by atoms with E-state index in [0.717, 1.165) is 12.8 Å². The van der Waals surface area contributed by atoms with Gasteiger partial charge in [-0.3, -0.25) is 10.1 Å². The summed E-state index contributed by atoms with van der Waals surface area (Å²) in [6.07, 6.45) is 1.99. The SMILES string of the molecule is COc1ccc([N+](=O)[O-])cc1OCCCC(C)C. The zero-order chi connectivity index (χ0) is 13.5. The summed E-state index contributed by atoms with van der Waals surface area (Å²) in [5.74, 6) is 1.57. The predicted molar refractivity (Wildman–Crippen MR) is 69.2 cm³/mol. The van der Waals surface area contributed by atoms with Crippen LogP contribution in [-0.4, -0.2) is 18.6 Å². The molecule has 0 aliphatic carbocycles. The second kappa shape index (κ2) is 6.83. The number of hydrogen-bond acceptors (Lipinski definition) is 4. The molecule has 0 heterocycles. The smallest absolute Gasteiger partial charge is 0.273 e. The molecule has 0 amide bonds. The van der Waals surface area contributed by atoms with E-state index in [-0.39, 0.29) is 5.69 Å². The Balaban J connectivity index is 2.66. The topological polar surface area (TPSA) is 61.6 Å². The summed E-state index contributed by atoms with van der Waals surface area (Å²) < 4.78 is 10.7. The van der Waals surface area contributed by atoms with Crippen LogP contribution in [-0.2, 0) is 0 Å². The van der Waals surface area contributed by atoms with Gasteiger partial charge in [-0.1, -0.05) is 13.8 Å². The number of non-ortho nitro benzene ring substituents is 1. The highest BCUT2D eigenvalue weighted by Crippen LogP contribution is 2.31. The van der Waals surface area contributed by atoms with Crippen LogP contribution in [0.2, 0.25) is 0 Å². The lowest BCUT2D eigenvalue weighted by atomic mass is 10.1. The van der Waals surface area contributed by atoms with Gasteiger partial charge >= 0.3 is 0 Å². The van der Waals surface area contributed by atoms with Crippen LogP contribution in [0.5, 0.6) is 11.5 Å². The number of hydrogen-bond donors (Lipinski definition) is 0. The van der Waals surface area contributed by atoms with Crippen LogP contribution in [0.1, 0.15) is 26.7 Å². The molecular formula is C13H19NO4. The first-order chi connectivity index (χ1) is 8.54. The Morgan fingerprint density at radius 2 is 2.06 bits per heavy atom. The number of methoxy groups -OCH3 is 1. The highest BCUT2D eigenvalue weighted by Gasteiger charge is 2.12. The Hall–Kier alpha value is -1.78. The van der Waals surface area contributed by atoms with Crippen molar-refractivity contribution < 1.29 is 14.4 Å². The summed E-state index contributed by atoms with van der Waals surface area (Å²) in [6.45, 7) is 4.83. The van der Waals surface area contributed by atoms with Gasteiger partial charge in [-0.25, -0.2) is 0 Å². The maximum absolute atomic E-state index is 10.7. The van der Waals surface area contributed by atoms with Crippen molar-refractivity contribution in [2.24, 2.45) is 5.92 Å². The van der Waals surface area contributed by atoms with E-state index in [4.69, 9.17) is 9.47 Å². The Kier molecular flexibility index (Phi) is 5.42. The number of benzene rings is 1. The van der Waals surface area contributed by atoms with Gasteiger partial charge in [0.1, 0.15) is 0 Å². The average molecular weight is 253 g/mol. The fraction of sp³-hybridized carbons (Fsp3) is 0.538. The monoisotopic (exact) mass is 253 g/mol. The van der Waals surface area contributed by atoms with Crippen molar-refractivity contribution in [1.29, 1.82) is 0 Å². The average Bonchev–Trinajstić information content (AvgIpc) is 2.34. The standard InChI is InChI=1S/C13H19NO4/c1-10(2)5-4-8-18-13-9-11(14(15)16)6-7-12(13)17-3/h6-7,9-10H,4-5,8H2,1-3H3. The van der Waals surface area contributed by atoms with Crippen molar-refractivity contribution in [2.45, 2.75) is 26.7 Å². The first-order valence-electron chi connectivity index (χ1n) is 5.99. The number of ether oxygens (including phenoxy) is 2. The van der Waals surface area contributed by atoms with Crippen molar-refractivity contribution in [3.8, 4) is 11.5 Å². The minimum absolute atomic E-state index is 0.00894. The largest absolute Gasteiger partial charge is 0.493 e. The molecule has 0 aliphatic rings. The van der Waals surface area contributed by atoms with E-state index in [1.54, 1.807) is 6.07 Å². The Bertz CT molecular complexity index is 404. The van der Waals surface area contributed by atoms with E-state index in [2.05, 4.69) is 13.8 Å². The molecule has 0 saturated heterocycles. The van der Waals surface area contributed by atoms with Crippen molar-refractivity contribution in [3.63, 3.8) is 0 Å². The van der Waals surface area contributed by atoms with Crippen LogP contribution in [0.15, 0.2) is 18.2 Å². The summed E-state index contributed by atoms with van der Waals surface area (Å²) in [5.41, 5.74) is 0.00894. The highest BCUT2D eigenvalue weighted by atomic mass is 16.6. The number of nitrogens with zero attached hydrogens (tertiary/aromatic N) is 1. The predicted octanol–water partition coefficient (Wildman–Crippen LogP) is 3.42. The van der Waals surface area contributed by atoms with E-state index in [9.17, 15) is 10.1 Å². The highest BCUT2D eigenvalue weighted by molar-refractivity contribution is 5.48. The van der Waals surface area contributed by atoms with Gasteiger partial charge in [0.05, 0.1) is 24.7 Å². The van der Waals surface area contributed by atoms with Gasteiger partial charge in [-0.2, -0.15) is 0 Å². The van der Waals surface area contributed by atoms with Gasteiger partial charge in [-0.15, -0.1) is 0 Å². The number of rotatable bonds is 7. The van der Waals surface area contributed by atoms with Crippen molar-refractivity contribution in [3.05, 3.63) is 28.3 Å². The summed E-state index contributed by atoms with van der Waals surface area (Å²) in [5, 5.41) is 10.7. The van der Waals surface area contributed by atoms with Gasteiger partial charge in [0.15, 0.2) is 11.5 Å². The molecule has 0 aliphatic heterocycles. The van der Waals surface area contributed by atoms with E-state index in [1.165, 1.54) is 19.2 Å². The lowest BCUT2D eigenvalue weighted by Gasteiger charge is -2.11. The molecule has 0 N–H and O–H groups in total. The molecule has 0 aromatic heterocycles. The third kappa shape index (κ3) is 4.24. The molecule has 0 fully saturated rings. The van der Waals surface area contributed by atoms with E-state index >= 15 is 0 Å². The third-order valence-corrected chi connectivity index (χ3v) is 2.54. The van der Waals surface area contributed by atoms with E-state index in [1.807, 2.05) is 0 Å². The summed E-state index contributed by atoms with van der Waals surface area (Å²) >= 11 is 0. The second-order valence-electron chi connectivity index (χ2n) is 4.48. The quantitative estimate of drug-likeness (QED) is 0.424. The van der Waals surface area contributed by atoms with Gasteiger partial charge in [0.25, 0.3) is 5.69 Å². The first-order valence-corrected chi connectivity index (χ1v) is 5.99. The molecule has 1 aromatic carbocycles. The molecule has 1 rings (SSSR count). The maximum Gasteiger partial charge on any atom is 0.273 e. The van der Waals surface area contributed by atoms with Crippen LogP contribution in [0, 0.1) is 16.0 Å². The molecule has 0 radical (unpaired) electrons. The van der Waals surface area contributed by atoms with Crippen molar-refractivity contribution in [1.82, 2.24) is 0 Å². The zero-order valence-corrected chi connectivity index (χ0v) is 11.0. The number of nitro benzene ring substituents is 1. The lowest BCUT2D eigenvalue weighted by Crippen LogP contribution is -2.01. The molecule has 5 heteroatoms. The summed E-state index contributed by atoms with van der Waals surface area (Å²) in [7, 11) is 1.52. The van der Waals surface area contributed by atoms with E-state index < -0.39 is 4.92 Å². The molecule has 0 saturated carbocycles. The van der Waals surface area contributed by atoms with Crippen LogP contribution in [0.3, 0.4) is 0 Å². The van der Waals surface area contributed by atoms with Crippen LogP contribution < -0.4 is 9.47 Å². The minimum atomic E-state index is -0.444. The third-order valence-electron chi connectivity index (χ3n) is 2.54. The molecular weight excluding hydrogens is 234 g/mol. The number of nitro groups is 1.